The number of nitrogens with one attached hydrogen (secondary N) is 1. The van der Waals surface area contributed by atoms with E-state index in [2.05, 4.69) is 5.32 Å². The topological polar surface area (TPSA) is 92.5 Å². The number of hydrogen-bond acceptors (Lipinski definition) is 4. The van der Waals surface area contributed by atoms with Crippen LogP contribution in [0.3, 0.4) is 0 Å². The van der Waals surface area contributed by atoms with Gasteiger partial charge >= 0.3 is 0 Å². The van der Waals surface area contributed by atoms with Gasteiger partial charge in [0.15, 0.2) is 0 Å². The first-order valence-electron chi connectivity index (χ1n) is 7.46. The molecule has 1 unspecified atom stereocenters. The van der Waals surface area contributed by atoms with E-state index in [4.69, 9.17) is 5.73 Å². The maximum absolute atomic E-state index is 12.4. The minimum Gasteiger partial charge on any atom is -0.350 e. The van der Waals surface area contributed by atoms with Crippen LogP contribution in [0.15, 0.2) is 29.2 Å². The van der Waals surface area contributed by atoms with Crippen molar-refractivity contribution in [3.63, 3.8) is 0 Å². The van der Waals surface area contributed by atoms with Gasteiger partial charge in [0.1, 0.15) is 0 Å². The van der Waals surface area contributed by atoms with Gasteiger partial charge in [-0.2, -0.15) is 4.31 Å². The predicted molar refractivity (Wildman–Crippen MR) is 86.8 cm³/mol. The molecule has 0 spiro atoms. The highest BCUT2D eigenvalue weighted by atomic mass is 32.2. The zero-order chi connectivity index (χ0) is 16.8. The van der Waals surface area contributed by atoms with Crippen LogP contribution in [0.25, 0.3) is 0 Å². The molecule has 1 aromatic rings. The molecular formula is C15H25N3O3S. The Bertz CT molecular complexity index is 581. The van der Waals surface area contributed by atoms with Crippen molar-refractivity contribution in [2.45, 2.75) is 38.1 Å². The maximum atomic E-state index is 12.4. The van der Waals surface area contributed by atoms with Crippen LogP contribution in [-0.2, 0) is 14.8 Å². The molecule has 0 bridgehead atoms. The minimum atomic E-state index is -3.45. The number of benzene rings is 1. The van der Waals surface area contributed by atoms with Crippen molar-refractivity contribution in [1.29, 1.82) is 0 Å². The summed E-state index contributed by atoms with van der Waals surface area (Å²) < 4.78 is 26.2. The molecule has 0 heterocycles. The SMILES string of the molecule is CCN(CC)S(=O)(=O)c1ccc(C(C)NC(=O)CCN)cc1. The number of rotatable bonds is 8. The molecule has 0 aliphatic rings. The van der Waals surface area contributed by atoms with Crippen molar-refractivity contribution in [2.75, 3.05) is 19.6 Å². The van der Waals surface area contributed by atoms with Crippen molar-refractivity contribution in [3.8, 4) is 0 Å². The van der Waals surface area contributed by atoms with E-state index in [1.165, 1.54) is 4.31 Å². The molecule has 22 heavy (non-hydrogen) atoms. The Kier molecular flexibility index (Phi) is 6.99. The lowest BCUT2D eigenvalue weighted by atomic mass is 10.1. The smallest absolute Gasteiger partial charge is 0.243 e. The van der Waals surface area contributed by atoms with Gasteiger partial charge < -0.3 is 11.1 Å². The number of sulfonamides is 1. The maximum Gasteiger partial charge on any atom is 0.243 e. The molecule has 7 heteroatoms. The van der Waals surface area contributed by atoms with Crippen LogP contribution in [-0.4, -0.2) is 38.3 Å². The first-order chi connectivity index (χ1) is 10.4. The number of hydrogen-bond donors (Lipinski definition) is 2. The number of nitrogens with zero attached hydrogens (tertiary/aromatic N) is 1. The predicted octanol–water partition coefficient (Wildman–Crippen LogP) is 1.24. The summed E-state index contributed by atoms with van der Waals surface area (Å²) in [6.45, 7) is 6.65. The molecule has 124 valence electrons. The molecular weight excluding hydrogens is 302 g/mol. The summed E-state index contributed by atoms with van der Waals surface area (Å²) in [6.07, 6.45) is 0.277. The summed E-state index contributed by atoms with van der Waals surface area (Å²) in [4.78, 5) is 11.8. The van der Waals surface area contributed by atoms with E-state index < -0.39 is 10.0 Å². The second-order valence-corrected chi connectivity index (χ2v) is 6.92. The van der Waals surface area contributed by atoms with Crippen molar-refractivity contribution in [2.24, 2.45) is 5.73 Å². The highest BCUT2D eigenvalue weighted by molar-refractivity contribution is 7.89. The molecule has 0 aromatic heterocycles. The van der Waals surface area contributed by atoms with Crippen LogP contribution in [0.1, 0.15) is 38.8 Å². The minimum absolute atomic E-state index is 0.116. The Morgan fingerprint density at radius 1 is 1.23 bits per heavy atom. The van der Waals surface area contributed by atoms with Crippen LogP contribution < -0.4 is 11.1 Å². The lowest BCUT2D eigenvalue weighted by Gasteiger charge is -2.19. The third-order valence-electron chi connectivity index (χ3n) is 3.47. The van der Waals surface area contributed by atoms with E-state index in [0.29, 0.717) is 19.6 Å². The lowest BCUT2D eigenvalue weighted by Crippen LogP contribution is -2.30. The van der Waals surface area contributed by atoms with E-state index in [1.807, 2.05) is 20.8 Å². The fourth-order valence-electron chi connectivity index (χ4n) is 2.17. The first-order valence-corrected chi connectivity index (χ1v) is 8.90. The number of amides is 1. The number of carbonyl (C=O) groups is 1. The van der Waals surface area contributed by atoms with Crippen molar-refractivity contribution in [1.82, 2.24) is 9.62 Å². The van der Waals surface area contributed by atoms with Crippen molar-refractivity contribution in [3.05, 3.63) is 29.8 Å². The molecule has 0 aliphatic heterocycles. The second-order valence-electron chi connectivity index (χ2n) is 4.99. The van der Waals surface area contributed by atoms with Crippen LogP contribution >= 0.6 is 0 Å². The quantitative estimate of drug-likeness (QED) is 0.751. The number of nitrogens with two attached hydrogens (primary N) is 1. The summed E-state index contributed by atoms with van der Waals surface area (Å²) in [5.41, 5.74) is 6.18. The van der Waals surface area contributed by atoms with Gasteiger partial charge in [-0.1, -0.05) is 26.0 Å². The molecule has 1 atom stereocenters. The van der Waals surface area contributed by atoms with Gasteiger partial charge in [-0.3, -0.25) is 4.79 Å². The lowest BCUT2D eigenvalue weighted by molar-refractivity contribution is -0.121. The van der Waals surface area contributed by atoms with E-state index in [9.17, 15) is 13.2 Å². The van der Waals surface area contributed by atoms with Gasteiger partial charge in [-0.05, 0) is 24.6 Å². The molecule has 0 aliphatic carbocycles. The monoisotopic (exact) mass is 327 g/mol. The average Bonchev–Trinajstić information content (AvgIpc) is 2.48. The van der Waals surface area contributed by atoms with Gasteiger partial charge in [-0.15, -0.1) is 0 Å². The van der Waals surface area contributed by atoms with Crippen LogP contribution in [0, 0.1) is 0 Å². The number of carbonyl (C=O) groups excluding carboxylic acids is 1. The van der Waals surface area contributed by atoms with Crippen molar-refractivity contribution < 1.29 is 13.2 Å². The summed E-state index contributed by atoms with van der Waals surface area (Å²) in [5, 5.41) is 2.82. The fraction of sp³-hybridized carbons (Fsp3) is 0.533. The Morgan fingerprint density at radius 2 is 1.77 bits per heavy atom. The first kappa shape index (κ1) is 18.6. The van der Waals surface area contributed by atoms with Crippen LogP contribution in [0.5, 0.6) is 0 Å². The Balaban J connectivity index is 2.88. The Labute approximate surface area is 132 Å². The summed E-state index contributed by atoms with van der Waals surface area (Å²) in [6, 6.07) is 6.42. The van der Waals surface area contributed by atoms with Gasteiger partial charge in [0.25, 0.3) is 0 Å². The van der Waals surface area contributed by atoms with E-state index in [-0.39, 0.29) is 23.3 Å². The van der Waals surface area contributed by atoms with Gasteiger partial charge in [0.05, 0.1) is 10.9 Å². The standard InChI is InChI=1S/C15H25N3O3S/c1-4-18(5-2)22(20,21)14-8-6-13(7-9-14)12(3)17-15(19)10-11-16/h6-9,12H,4-5,10-11,16H2,1-3H3,(H,17,19). The summed E-state index contributed by atoms with van der Waals surface area (Å²) in [5.74, 6) is -0.116. The second kappa shape index (κ2) is 8.26. The van der Waals surface area contributed by atoms with E-state index in [0.717, 1.165) is 5.56 Å². The molecule has 3 N–H and O–H groups in total. The molecule has 0 saturated carbocycles. The summed E-state index contributed by atoms with van der Waals surface area (Å²) >= 11 is 0. The average molecular weight is 327 g/mol. The molecule has 1 rings (SSSR count). The molecule has 0 saturated heterocycles. The highest BCUT2D eigenvalue weighted by Crippen LogP contribution is 2.19. The normalized spacial score (nSPS) is 13.1. The van der Waals surface area contributed by atoms with Crippen LogP contribution in [0.2, 0.25) is 0 Å². The molecule has 1 amide bonds. The molecule has 0 fully saturated rings. The zero-order valence-electron chi connectivity index (χ0n) is 13.4. The fourth-order valence-corrected chi connectivity index (χ4v) is 3.63. The highest BCUT2D eigenvalue weighted by Gasteiger charge is 2.21. The largest absolute Gasteiger partial charge is 0.350 e. The molecule has 1 aromatic carbocycles. The van der Waals surface area contributed by atoms with Crippen LogP contribution in [0.4, 0.5) is 0 Å². The molecule has 0 radical (unpaired) electrons. The third-order valence-corrected chi connectivity index (χ3v) is 5.54. The van der Waals surface area contributed by atoms with Gasteiger partial charge in [-0.25, -0.2) is 8.42 Å². The molecule has 6 nitrogen and oxygen atoms in total. The summed E-state index contributed by atoms with van der Waals surface area (Å²) in [7, 11) is -3.45. The zero-order valence-corrected chi connectivity index (χ0v) is 14.2. The third kappa shape index (κ3) is 4.53. The van der Waals surface area contributed by atoms with Crippen molar-refractivity contribution >= 4 is 15.9 Å². The van der Waals surface area contributed by atoms with Gasteiger partial charge in [0, 0.05) is 26.1 Å². The Morgan fingerprint density at radius 3 is 2.23 bits per heavy atom. The van der Waals surface area contributed by atoms with E-state index in [1.54, 1.807) is 24.3 Å². The Hall–Kier alpha value is -1.44. The van der Waals surface area contributed by atoms with E-state index >= 15 is 0 Å². The van der Waals surface area contributed by atoms with Gasteiger partial charge in [0.2, 0.25) is 15.9 Å².